The van der Waals surface area contributed by atoms with Crippen molar-refractivity contribution in [3.05, 3.63) is 23.7 Å². The van der Waals surface area contributed by atoms with Gasteiger partial charge in [0.25, 0.3) is 0 Å². The van der Waals surface area contributed by atoms with Gasteiger partial charge in [0.05, 0.1) is 0 Å². The molecule has 1 aromatic heterocycles. The van der Waals surface area contributed by atoms with Crippen molar-refractivity contribution < 1.29 is 9.21 Å². The number of hydrogen-bond acceptors (Lipinski definition) is 3. The van der Waals surface area contributed by atoms with Crippen LogP contribution in [0.3, 0.4) is 0 Å². The first kappa shape index (κ1) is 14.8. The Morgan fingerprint density at radius 3 is 2.67 bits per heavy atom. The fourth-order valence-corrected chi connectivity index (χ4v) is 1.68. The maximum atomic E-state index is 11.7. The van der Waals surface area contributed by atoms with Gasteiger partial charge in [0, 0.05) is 18.4 Å². The standard InChI is InChI=1S/C14H24N2O2/c1-10(8-15)7-13(17)16-9-14(3,4)12-6-5-11(2)18-12/h5-6,10H,7-9,15H2,1-4H3,(H,16,17). The van der Waals surface area contributed by atoms with Crippen LogP contribution in [-0.2, 0) is 10.2 Å². The van der Waals surface area contributed by atoms with E-state index in [1.165, 1.54) is 0 Å². The highest BCUT2D eigenvalue weighted by Crippen LogP contribution is 2.24. The van der Waals surface area contributed by atoms with Crippen molar-refractivity contribution in [2.75, 3.05) is 13.1 Å². The lowest BCUT2D eigenvalue weighted by molar-refractivity contribution is -0.122. The first-order chi connectivity index (χ1) is 8.35. The predicted octanol–water partition coefficient (Wildman–Crippen LogP) is 1.97. The van der Waals surface area contributed by atoms with Crippen LogP contribution < -0.4 is 11.1 Å². The third kappa shape index (κ3) is 4.18. The molecule has 18 heavy (non-hydrogen) atoms. The maximum Gasteiger partial charge on any atom is 0.220 e. The number of aryl methyl sites for hydroxylation is 1. The van der Waals surface area contributed by atoms with E-state index >= 15 is 0 Å². The number of nitrogens with two attached hydrogens (primary N) is 1. The first-order valence-electron chi connectivity index (χ1n) is 6.39. The number of amides is 1. The van der Waals surface area contributed by atoms with Crippen molar-refractivity contribution in [1.29, 1.82) is 0 Å². The lowest BCUT2D eigenvalue weighted by atomic mass is 9.90. The van der Waals surface area contributed by atoms with Gasteiger partial charge in [-0.05, 0) is 31.5 Å². The zero-order valence-electron chi connectivity index (χ0n) is 11.7. The molecule has 1 aromatic rings. The number of nitrogens with one attached hydrogen (secondary N) is 1. The maximum absolute atomic E-state index is 11.7. The Bertz CT molecular complexity index is 396. The summed E-state index contributed by atoms with van der Waals surface area (Å²) in [6.45, 7) is 9.10. The fourth-order valence-electron chi connectivity index (χ4n) is 1.68. The second-order valence-corrected chi connectivity index (χ2v) is 5.62. The first-order valence-corrected chi connectivity index (χ1v) is 6.39. The number of furan rings is 1. The van der Waals surface area contributed by atoms with Gasteiger partial charge in [-0.3, -0.25) is 4.79 Å². The summed E-state index contributed by atoms with van der Waals surface area (Å²) in [5.41, 5.74) is 5.30. The van der Waals surface area contributed by atoms with Gasteiger partial charge in [-0.1, -0.05) is 20.8 Å². The van der Waals surface area contributed by atoms with Crippen LogP contribution in [0.2, 0.25) is 0 Å². The molecule has 0 aliphatic carbocycles. The normalized spacial score (nSPS) is 13.4. The SMILES string of the molecule is Cc1ccc(C(C)(C)CNC(=O)CC(C)CN)o1. The molecular weight excluding hydrogens is 228 g/mol. The minimum atomic E-state index is -0.199. The summed E-state index contributed by atoms with van der Waals surface area (Å²) in [7, 11) is 0. The topological polar surface area (TPSA) is 68.3 Å². The van der Waals surface area contributed by atoms with Crippen molar-refractivity contribution in [2.45, 2.75) is 39.5 Å². The zero-order valence-corrected chi connectivity index (χ0v) is 11.7. The number of carbonyl (C=O) groups excluding carboxylic acids is 1. The van der Waals surface area contributed by atoms with E-state index in [2.05, 4.69) is 19.2 Å². The van der Waals surface area contributed by atoms with Gasteiger partial charge < -0.3 is 15.5 Å². The smallest absolute Gasteiger partial charge is 0.220 e. The van der Waals surface area contributed by atoms with Crippen LogP contribution in [0.4, 0.5) is 0 Å². The van der Waals surface area contributed by atoms with Gasteiger partial charge in [-0.2, -0.15) is 0 Å². The molecule has 0 aromatic carbocycles. The minimum absolute atomic E-state index is 0.0457. The molecule has 1 atom stereocenters. The van der Waals surface area contributed by atoms with Crippen molar-refractivity contribution >= 4 is 5.91 Å². The van der Waals surface area contributed by atoms with Crippen LogP contribution in [0.25, 0.3) is 0 Å². The van der Waals surface area contributed by atoms with Crippen molar-refractivity contribution in [3.63, 3.8) is 0 Å². The molecule has 1 amide bonds. The lowest BCUT2D eigenvalue weighted by Gasteiger charge is -2.23. The van der Waals surface area contributed by atoms with E-state index in [0.717, 1.165) is 11.5 Å². The molecule has 1 rings (SSSR count). The molecule has 3 N–H and O–H groups in total. The Balaban J connectivity index is 2.49. The Labute approximate surface area is 109 Å². The Morgan fingerprint density at radius 2 is 2.17 bits per heavy atom. The molecule has 4 nitrogen and oxygen atoms in total. The van der Waals surface area contributed by atoms with Crippen molar-refractivity contribution in [3.8, 4) is 0 Å². The summed E-state index contributed by atoms with van der Waals surface area (Å²) in [6, 6.07) is 3.90. The van der Waals surface area contributed by atoms with E-state index in [-0.39, 0.29) is 17.2 Å². The monoisotopic (exact) mass is 252 g/mol. The van der Waals surface area contributed by atoms with Gasteiger partial charge in [0.1, 0.15) is 11.5 Å². The van der Waals surface area contributed by atoms with Crippen LogP contribution in [0, 0.1) is 12.8 Å². The molecule has 1 unspecified atom stereocenters. The largest absolute Gasteiger partial charge is 0.466 e. The summed E-state index contributed by atoms with van der Waals surface area (Å²) >= 11 is 0. The van der Waals surface area contributed by atoms with E-state index in [1.807, 2.05) is 26.0 Å². The molecule has 0 aliphatic rings. The number of hydrogen-bond donors (Lipinski definition) is 2. The molecule has 1 heterocycles. The molecule has 0 bridgehead atoms. The quantitative estimate of drug-likeness (QED) is 0.813. The highest BCUT2D eigenvalue weighted by Gasteiger charge is 2.25. The molecule has 0 fully saturated rings. The fraction of sp³-hybridized carbons (Fsp3) is 0.643. The highest BCUT2D eigenvalue weighted by atomic mass is 16.3. The molecule has 0 spiro atoms. The minimum Gasteiger partial charge on any atom is -0.466 e. The van der Waals surface area contributed by atoms with Gasteiger partial charge in [-0.15, -0.1) is 0 Å². The second-order valence-electron chi connectivity index (χ2n) is 5.62. The van der Waals surface area contributed by atoms with Gasteiger partial charge in [-0.25, -0.2) is 0 Å². The third-order valence-electron chi connectivity index (χ3n) is 3.07. The van der Waals surface area contributed by atoms with Gasteiger partial charge >= 0.3 is 0 Å². The Morgan fingerprint density at radius 1 is 1.50 bits per heavy atom. The van der Waals surface area contributed by atoms with E-state index in [4.69, 9.17) is 10.2 Å². The van der Waals surface area contributed by atoms with Crippen molar-refractivity contribution in [1.82, 2.24) is 5.32 Å². The zero-order chi connectivity index (χ0) is 13.8. The second kappa shape index (κ2) is 6.05. The molecule has 0 aliphatic heterocycles. The van der Waals surface area contributed by atoms with E-state index in [1.54, 1.807) is 0 Å². The Kier molecular flexibility index (Phi) is 4.96. The summed E-state index contributed by atoms with van der Waals surface area (Å²) in [6.07, 6.45) is 0.476. The van der Waals surface area contributed by atoms with Gasteiger partial charge in [0.15, 0.2) is 0 Å². The van der Waals surface area contributed by atoms with Crippen LogP contribution in [-0.4, -0.2) is 19.0 Å². The van der Waals surface area contributed by atoms with Crippen LogP contribution in [0.5, 0.6) is 0 Å². The van der Waals surface area contributed by atoms with Gasteiger partial charge in [0.2, 0.25) is 5.91 Å². The average molecular weight is 252 g/mol. The molecule has 4 heteroatoms. The third-order valence-corrected chi connectivity index (χ3v) is 3.07. The molecule has 0 radical (unpaired) electrons. The van der Waals surface area contributed by atoms with Crippen molar-refractivity contribution in [2.24, 2.45) is 11.7 Å². The summed E-state index contributed by atoms with van der Waals surface area (Å²) in [5.74, 6) is 2.05. The van der Waals surface area contributed by atoms with E-state index < -0.39 is 0 Å². The lowest BCUT2D eigenvalue weighted by Crippen LogP contribution is -2.37. The molecule has 0 saturated carbocycles. The molecular formula is C14H24N2O2. The predicted molar refractivity (Wildman–Crippen MR) is 72.3 cm³/mol. The van der Waals surface area contributed by atoms with Crippen LogP contribution in [0.1, 0.15) is 38.7 Å². The summed E-state index contributed by atoms with van der Waals surface area (Å²) in [4.78, 5) is 11.7. The van der Waals surface area contributed by atoms with E-state index in [9.17, 15) is 4.79 Å². The summed E-state index contributed by atoms with van der Waals surface area (Å²) < 4.78 is 5.61. The molecule has 0 saturated heterocycles. The van der Waals surface area contributed by atoms with Crippen LogP contribution in [0.15, 0.2) is 16.5 Å². The summed E-state index contributed by atoms with van der Waals surface area (Å²) in [5, 5.41) is 2.94. The Hall–Kier alpha value is -1.29. The highest BCUT2D eigenvalue weighted by molar-refractivity contribution is 5.76. The van der Waals surface area contributed by atoms with Crippen LogP contribution >= 0.6 is 0 Å². The molecule has 102 valence electrons. The number of rotatable bonds is 6. The average Bonchev–Trinajstić information content (AvgIpc) is 2.74. The number of carbonyl (C=O) groups is 1. The van der Waals surface area contributed by atoms with E-state index in [0.29, 0.717) is 19.5 Å².